The molecule has 0 saturated heterocycles. The predicted molar refractivity (Wildman–Crippen MR) is 143 cm³/mol. The van der Waals surface area contributed by atoms with Crippen molar-refractivity contribution in [2.45, 2.75) is 19.9 Å². The van der Waals surface area contributed by atoms with Crippen molar-refractivity contribution in [3.8, 4) is 0 Å². The quantitative estimate of drug-likeness (QED) is 0.254. The number of urea groups is 1. The SMILES string of the molecule is CCOC(=O)c1ccc(NC(=O)Nc2ccc(C3NC(=S)N(C)C(C)=C3C(=O)OCCOC)cc2)cc1. The highest BCUT2D eigenvalue weighted by Crippen LogP contribution is 2.31. The van der Waals surface area contributed by atoms with Gasteiger partial charge in [0.15, 0.2) is 5.11 Å². The van der Waals surface area contributed by atoms with Crippen molar-refractivity contribution < 1.29 is 28.6 Å². The summed E-state index contributed by atoms with van der Waals surface area (Å²) in [6.07, 6.45) is 0. The molecule has 1 aliphatic rings. The molecule has 0 radical (unpaired) electrons. The molecule has 2 aromatic rings. The van der Waals surface area contributed by atoms with Crippen LogP contribution in [0.15, 0.2) is 59.8 Å². The van der Waals surface area contributed by atoms with E-state index in [1.54, 1.807) is 67.4 Å². The van der Waals surface area contributed by atoms with Crippen molar-refractivity contribution in [2.75, 3.05) is 44.6 Å². The normalized spacial score (nSPS) is 15.1. The van der Waals surface area contributed by atoms with Crippen LogP contribution in [0.4, 0.5) is 16.2 Å². The van der Waals surface area contributed by atoms with Crippen molar-refractivity contribution >= 4 is 46.7 Å². The third-order valence-electron chi connectivity index (χ3n) is 5.65. The van der Waals surface area contributed by atoms with Crippen LogP contribution >= 0.6 is 12.2 Å². The van der Waals surface area contributed by atoms with Gasteiger partial charge in [0.25, 0.3) is 0 Å². The van der Waals surface area contributed by atoms with Crippen molar-refractivity contribution in [1.29, 1.82) is 0 Å². The average Bonchev–Trinajstić information content (AvgIpc) is 2.88. The fraction of sp³-hybridized carbons (Fsp3) is 0.308. The highest BCUT2D eigenvalue weighted by molar-refractivity contribution is 7.80. The van der Waals surface area contributed by atoms with Gasteiger partial charge >= 0.3 is 18.0 Å². The summed E-state index contributed by atoms with van der Waals surface area (Å²) in [5, 5.41) is 9.13. The minimum Gasteiger partial charge on any atom is -0.462 e. The van der Waals surface area contributed by atoms with Gasteiger partial charge in [0.1, 0.15) is 6.61 Å². The molecule has 0 fully saturated rings. The average molecular weight is 527 g/mol. The Kier molecular flexibility index (Phi) is 9.58. The van der Waals surface area contributed by atoms with Crippen molar-refractivity contribution in [1.82, 2.24) is 10.2 Å². The number of hydrogen-bond donors (Lipinski definition) is 3. The summed E-state index contributed by atoms with van der Waals surface area (Å²) in [5.41, 5.74) is 3.36. The van der Waals surface area contributed by atoms with Gasteiger partial charge in [0.2, 0.25) is 0 Å². The molecule has 2 amide bonds. The molecule has 2 aromatic carbocycles. The van der Waals surface area contributed by atoms with Gasteiger partial charge in [-0.3, -0.25) is 0 Å². The van der Waals surface area contributed by atoms with Crippen LogP contribution in [-0.2, 0) is 19.0 Å². The largest absolute Gasteiger partial charge is 0.462 e. The van der Waals surface area contributed by atoms with Gasteiger partial charge < -0.3 is 35.1 Å². The van der Waals surface area contributed by atoms with Gasteiger partial charge in [-0.15, -0.1) is 0 Å². The predicted octanol–water partition coefficient (Wildman–Crippen LogP) is 3.83. The molecule has 1 atom stereocenters. The topological polar surface area (TPSA) is 118 Å². The van der Waals surface area contributed by atoms with Gasteiger partial charge in [-0.05, 0) is 68.0 Å². The van der Waals surface area contributed by atoms with Crippen LogP contribution in [0.1, 0.15) is 35.8 Å². The van der Waals surface area contributed by atoms with E-state index in [1.807, 2.05) is 6.92 Å². The Hall–Kier alpha value is -3.96. The summed E-state index contributed by atoms with van der Waals surface area (Å²) in [6.45, 7) is 4.26. The first-order valence-electron chi connectivity index (χ1n) is 11.6. The highest BCUT2D eigenvalue weighted by Gasteiger charge is 2.33. The fourth-order valence-corrected chi connectivity index (χ4v) is 3.86. The van der Waals surface area contributed by atoms with E-state index in [-0.39, 0.29) is 13.2 Å². The lowest BCUT2D eigenvalue weighted by molar-refractivity contribution is -0.140. The van der Waals surface area contributed by atoms with E-state index < -0.39 is 24.0 Å². The zero-order valence-corrected chi connectivity index (χ0v) is 21.9. The van der Waals surface area contributed by atoms with Gasteiger partial charge in [-0.25, -0.2) is 14.4 Å². The molecule has 1 aliphatic heterocycles. The third-order valence-corrected chi connectivity index (χ3v) is 6.04. The molecule has 196 valence electrons. The first kappa shape index (κ1) is 27.6. The second-order valence-electron chi connectivity index (χ2n) is 8.07. The van der Waals surface area contributed by atoms with E-state index in [1.165, 1.54) is 7.11 Å². The first-order chi connectivity index (χ1) is 17.7. The Bertz CT molecular complexity index is 1180. The lowest BCUT2D eigenvalue weighted by Crippen LogP contribution is -2.46. The van der Waals surface area contributed by atoms with Crippen LogP contribution in [0.25, 0.3) is 0 Å². The monoisotopic (exact) mass is 526 g/mol. The van der Waals surface area contributed by atoms with Crippen molar-refractivity contribution in [3.63, 3.8) is 0 Å². The summed E-state index contributed by atoms with van der Waals surface area (Å²) in [5.74, 6) is -0.883. The maximum Gasteiger partial charge on any atom is 0.338 e. The highest BCUT2D eigenvalue weighted by atomic mass is 32.1. The van der Waals surface area contributed by atoms with Crippen molar-refractivity contribution in [2.24, 2.45) is 0 Å². The number of esters is 2. The zero-order valence-electron chi connectivity index (χ0n) is 21.1. The summed E-state index contributed by atoms with van der Waals surface area (Å²) in [7, 11) is 3.31. The zero-order chi connectivity index (χ0) is 26.9. The van der Waals surface area contributed by atoms with Crippen LogP contribution in [-0.4, -0.2) is 62.0 Å². The van der Waals surface area contributed by atoms with Crippen LogP contribution in [0.3, 0.4) is 0 Å². The summed E-state index contributed by atoms with van der Waals surface area (Å²) >= 11 is 5.43. The number of anilines is 2. The van der Waals surface area contributed by atoms with Crippen LogP contribution in [0, 0.1) is 0 Å². The molecule has 37 heavy (non-hydrogen) atoms. The van der Waals surface area contributed by atoms with Gasteiger partial charge in [0.05, 0.1) is 30.4 Å². The molecular weight excluding hydrogens is 496 g/mol. The molecule has 3 N–H and O–H groups in total. The number of nitrogens with one attached hydrogen (secondary N) is 3. The van der Waals surface area contributed by atoms with E-state index in [0.717, 1.165) is 5.56 Å². The fourth-order valence-electron chi connectivity index (χ4n) is 3.60. The van der Waals surface area contributed by atoms with Crippen molar-refractivity contribution in [3.05, 3.63) is 70.9 Å². The van der Waals surface area contributed by atoms with E-state index in [4.69, 9.17) is 26.4 Å². The molecule has 10 nitrogen and oxygen atoms in total. The third kappa shape index (κ3) is 7.05. The summed E-state index contributed by atoms with van der Waals surface area (Å²) in [4.78, 5) is 38.8. The number of carbonyl (C=O) groups is 3. The second kappa shape index (κ2) is 12.8. The molecule has 3 rings (SSSR count). The Labute approximate surface area is 220 Å². The molecule has 11 heteroatoms. The Morgan fingerprint density at radius 1 is 0.946 bits per heavy atom. The van der Waals surface area contributed by atoms with Crippen LogP contribution in [0.2, 0.25) is 0 Å². The molecule has 0 aliphatic carbocycles. The number of thiocarbonyl (C=S) groups is 1. The van der Waals surface area contributed by atoms with E-state index in [2.05, 4.69) is 16.0 Å². The molecule has 0 spiro atoms. The smallest absolute Gasteiger partial charge is 0.338 e. The molecule has 0 aromatic heterocycles. The van der Waals surface area contributed by atoms with E-state index >= 15 is 0 Å². The minimum atomic E-state index is -0.514. The maximum atomic E-state index is 12.9. The second-order valence-corrected chi connectivity index (χ2v) is 8.45. The number of benzene rings is 2. The van der Waals surface area contributed by atoms with Crippen LogP contribution in [0.5, 0.6) is 0 Å². The first-order valence-corrected chi connectivity index (χ1v) is 12.0. The molecule has 0 bridgehead atoms. The molecule has 0 saturated carbocycles. The number of methoxy groups -OCH3 is 1. The standard InChI is InChI=1S/C26H30N4O6S/c1-5-35-23(31)18-8-12-20(13-9-18)28-25(33)27-19-10-6-17(7-11-19)22-21(24(32)36-15-14-34-4)16(2)30(3)26(37)29-22/h6-13,22H,5,14-15H2,1-4H3,(H,29,37)(H2,27,28,33). The molecular formula is C26H30N4O6S. The Morgan fingerprint density at radius 2 is 1.54 bits per heavy atom. The lowest BCUT2D eigenvalue weighted by atomic mass is 9.95. The minimum absolute atomic E-state index is 0.135. The number of allylic oxidation sites excluding steroid dienone is 1. The van der Waals surface area contributed by atoms with Gasteiger partial charge in [0, 0.05) is 31.2 Å². The van der Waals surface area contributed by atoms with E-state index in [0.29, 0.717) is 39.9 Å². The van der Waals surface area contributed by atoms with E-state index in [9.17, 15) is 14.4 Å². The number of carbonyl (C=O) groups excluding carboxylic acids is 3. The van der Waals surface area contributed by atoms with Gasteiger partial charge in [-0.2, -0.15) is 0 Å². The summed E-state index contributed by atoms with van der Waals surface area (Å²) in [6, 6.07) is 12.5. The van der Waals surface area contributed by atoms with Crippen LogP contribution < -0.4 is 16.0 Å². The summed E-state index contributed by atoms with van der Waals surface area (Å²) < 4.78 is 15.3. The number of rotatable bonds is 9. The molecule has 1 heterocycles. The Morgan fingerprint density at radius 3 is 2.11 bits per heavy atom. The number of nitrogens with zero attached hydrogens (tertiary/aromatic N) is 1. The lowest BCUT2D eigenvalue weighted by Gasteiger charge is -2.35. The number of ether oxygens (including phenoxy) is 3. The molecule has 1 unspecified atom stereocenters. The number of amides is 2. The Balaban J connectivity index is 1.68. The maximum absolute atomic E-state index is 12.9. The number of hydrogen-bond acceptors (Lipinski definition) is 7. The van der Waals surface area contributed by atoms with Gasteiger partial charge in [-0.1, -0.05) is 12.1 Å².